The highest BCUT2D eigenvalue weighted by Gasteiger charge is 2.18. The van der Waals surface area contributed by atoms with E-state index >= 15 is 0 Å². The minimum Gasteiger partial charge on any atom is -0.454 e. The van der Waals surface area contributed by atoms with Gasteiger partial charge in [-0.1, -0.05) is 76.6 Å². The largest absolute Gasteiger partial charge is 0.454 e. The second kappa shape index (κ2) is 8.59. The molecule has 0 aliphatic carbocycles. The topological polar surface area (TPSA) is 56.3 Å². The summed E-state index contributed by atoms with van der Waals surface area (Å²) in [7, 11) is 0. The molecule has 0 spiro atoms. The molecule has 4 nitrogen and oxygen atoms in total. The molecule has 0 aliphatic heterocycles. The van der Waals surface area contributed by atoms with Gasteiger partial charge >= 0.3 is 5.97 Å². The molecule has 0 radical (unpaired) electrons. The summed E-state index contributed by atoms with van der Waals surface area (Å²) in [6.45, 7) is 1.63. The van der Waals surface area contributed by atoms with Crippen LogP contribution >= 0.6 is 15.9 Å². The zero-order valence-corrected chi connectivity index (χ0v) is 17.8. The van der Waals surface area contributed by atoms with Crippen molar-refractivity contribution in [2.45, 2.75) is 6.92 Å². The highest BCUT2D eigenvalue weighted by atomic mass is 79.9. The minimum absolute atomic E-state index is 0.247. The Morgan fingerprint density at radius 1 is 0.933 bits per heavy atom. The molecule has 0 saturated heterocycles. The molecule has 5 heteroatoms. The average molecular weight is 460 g/mol. The lowest BCUT2D eigenvalue weighted by molar-refractivity contribution is 0.0476. The third-order valence-corrected chi connectivity index (χ3v) is 5.25. The first-order chi connectivity index (χ1) is 14.5. The summed E-state index contributed by atoms with van der Waals surface area (Å²) in [5, 5.41) is 0.679. The van der Waals surface area contributed by atoms with Gasteiger partial charge in [0, 0.05) is 21.0 Å². The van der Waals surface area contributed by atoms with Gasteiger partial charge in [0.2, 0.25) is 0 Å². The van der Waals surface area contributed by atoms with Crippen molar-refractivity contribution in [1.82, 2.24) is 4.98 Å². The van der Waals surface area contributed by atoms with Gasteiger partial charge < -0.3 is 4.74 Å². The Bertz CT molecular complexity index is 1240. The van der Waals surface area contributed by atoms with Gasteiger partial charge in [-0.3, -0.25) is 4.79 Å². The smallest absolute Gasteiger partial charge is 0.339 e. The zero-order chi connectivity index (χ0) is 21.1. The summed E-state index contributed by atoms with van der Waals surface area (Å²) >= 11 is 3.49. The third kappa shape index (κ3) is 4.16. The van der Waals surface area contributed by atoms with Crippen molar-refractivity contribution >= 4 is 38.6 Å². The predicted octanol–water partition coefficient (Wildman–Crippen LogP) is 6.01. The predicted molar refractivity (Wildman–Crippen MR) is 121 cm³/mol. The first-order valence-electron chi connectivity index (χ1n) is 9.44. The van der Waals surface area contributed by atoms with Crippen LogP contribution in [0.2, 0.25) is 0 Å². The number of ketones is 1. The van der Waals surface area contributed by atoms with Crippen molar-refractivity contribution in [3.63, 3.8) is 0 Å². The zero-order valence-electron chi connectivity index (χ0n) is 16.3. The number of rotatable bonds is 5. The number of Topliss-reactive ketones (excluding diaryl/α,β-unsaturated/α-hetero) is 1. The first-order valence-corrected chi connectivity index (χ1v) is 10.2. The fourth-order valence-electron chi connectivity index (χ4n) is 3.30. The maximum absolute atomic E-state index is 13.0. The Morgan fingerprint density at radius 2 is 1.60 bits per heavy atom. The monoisotopic (exact) mass is 459 g/mol. The van der Waals surface area contributed by atoms with Crippen molar-refractivity contribution in [1.29, 1.82) is 0 Å². The molecule has 0 aliphatic rings. The Kier molecular flexibility index (Phi) is 5.72. The number of halogens is 1. The Morgan fingerprint density at radius 3 is 2.30 bits per heavy atom. The lowest BCUT2D eigenvalue weighted by Gasteiger charge is -2.12. The summed E-state index contributed by atoms with van der Waals surface area (Å²) < 4.78 is 6.24. The van der Waals surface area contributed by atoms with Crippen LogP contribution in [0.4, 0.5) is 0 Å². The second-order valence-corrected chi connectivity index (χ2v) is 7.82. The van der Waals surface area contributed by atoms with Crippen LogP contribution in [-0.4, -0.2) is 23.3 Å². The maximum atomic E-state index is 13.0. The summed E-state index contributed by atoms with van der Waals surface area (Å²) in [4.78, 5) is 30.1. The number of ether oxygens (including phenoxy) is 1. The molecular weight excluding hydrogens is 442 g/mol. The number of carbonyl (C=O) groups is 2. The van der Waals surface area contributed by atoms with E-state index in [0.717, 1.165) is 21.1 Å². The highest BCUT2D eigenvalue weighted by molar-refractivity contribution is 9.10. The van der Waals surface area contributed by atoms with E-state index in [1.165, 1.54) is 0 Å². The van der Waals surface area contributed by atoms with Crippen LogP contribution in [0.15, 0.2) is 83.3 Å². The number of aryl methyl sites for hydroxylation is 1. The van der Waals surface area contributed by atoms with Crippen LogP contribution in [0.1, 0.15) is 26.3 Å². The molecule has 0 N–H and O–H groups in total. The summed E-state index contributed by atoms with van der Waals surface area (Å²) in [5.74, 6) is -0.802. The van der Waals surface area contributed by atoms with Gasteiger partial charge in [-0.25, -0.2) is 9.78 Å². The van der Waals surface area contributed by atoms with Crippen LogP contribution in [0, 0.1) is 6.92 Å². The third-order valence-electron chi connectivity index (χ3n) is 4.79. The van der Waals surface area contributed by atoms with Gasteiger partial charge in [-0.2, -0.15) is 0 Å². The maximum Gasteiger partial charge on any atom is 0.339 e. The van der Waals surface area contributed by atoms with Crippen molar-refractivity contribution in [2.24, 2.45) is 0 Å². The van der Waals surface area contributed by atoms with Crippen LogP contribution < -0.4 is 0 Å². The van der Waals surface area contributed by atoms with Crippen LogP contribution in [0.25, 0.3) is 22.2 Å². The van der Waals surface area contributed by atoms with Gasteiger partial charge in [0.05, 0.1) is 16.8 Å². The average Bonchev–Trinajstić information content (AvgIpc) is 2.78. The van der Waals surface area contributed by atoms with Gasteiger partial charge in [-0.15, -0.1) is 0 Å². The van der Waals surface area contributed by atoms with E-state index in [2.05, 4.69) is 15.9 Å². The van der Waals surface area contributed by atoms with E-state index < -0.39 is 5.97 Å². The van der Waals surface area contributed by atoms with Gasteiger partial charge in [0.25, 0.3) is 0 Å². The summed E-state index contributed by atoms with van der Waals surface area (Å²) in [6, 6.07) is 24.0. The molecule has 0 bridgehead atoms. The molecule has 4 aromatic rings. The molecule has 1 heterocycles. The van der Waals surface area contributed by atoms with E-state index in [9.17, 15) is 9.59 Å². The standard InChI is InChI=1S/C25H18BrNO3/c1-16-12-19(26)13-20-21(14-22(27-24(16)20)17-8-4-2-5-9-17)25(29)30-15-23(28)18-10-6-3-7-11-18/h2-14H,15H2,1H3. The number of carbonyl (C=O) groups excluding carboxylic acids is 2. The van der Waals surface area contributed by atoms with E-state index in [1.54, 1.807) is 30.3 Å². The molecule has 3 aromatic carbocycles. The molecular formula is C25H18BrNO3. The number of benzene rings is 3. The van der Waals surface area contributed by atoms with Gasteiger partial charge in [0.15, 0.2) is 12.4 Å². The lowest BCUT2D eigenvalue weighted by Crippen LogP contribution is -2.15. The SMILES string of the molecule is Cc1cc(Br)cc2c(C(=O)OCC(=O)c3ccccc3)cc(-c3ccccc3)nc12. The van der Waals surface area contributed by atoms with Crippen molar-refractivity contribution in [3.05, 3.63) is 100 Å². The fourth-order valence-corrected chi connectivity index (χ4v) is 3.87. The molecule has 0 amide bonds. The van der Waals surface area contributed by atoms with E-state index in [1.807, 2.05) is 55.5 Å². The molecule has 0 fully saturated rings. The first kappa shape index (κ1) is 20.0. The highest BCUT2D eigenvalue weighted by Crippen LogP contribution is 2.30. The molecule has 0 unspecified atom stereocenters. The Hall–Kier alpha value is -3.31. The fraction of sp³-hybridized carbons (Fsp3) is 0.0800. The Balaban J connectivity index is 1.73. The van der Waals surface area contributed by atoms with Crippen LogP contribution in [0.3, 0.4) is 0 Å². The van der Waals surface area contributed by atoms with E-state index in [0.29, 0.717) is 22.2 Å². The Labute approximate surface area is 182 Å². The lowest BCUT2D eigenvalue weighted by atomic mass is 10.0. The summed E-state index contributed by atoms with van der Waals surface area (Å²) in [5.41, 5.74) is 4.12. The van der Waals surface area contributed by atoms with Crippen molar-refractivity contribution in [2.75, 3.05) is 6.61 Å². The second-order valence-electron chi connectivity index (χ2n) is 6.91. The summed E-state index contributed by atoms with van der Waals surface area (Å²) in [6.07, 6.45) is 0. The van der Waals surface area contributed by atoms with Gasteiger partial charge in [-0.05, 0) is 30.7 Å². The van der Waals surface area contributed by atoms with Crippen molar-refractivity contribution in [3.8, 4) is 11.3 Å². The normalized spacial score (nSPS) is 10.7. The molecule has 0 saturated carbocycles. The molecule has 1 aromatic heterocycles. The number of hydrogen-bond acceptors (Lipinski definition) is 4. The quantitative estimate of drug-likeness (QED) is 0.270. The number of esters is 1. The minimum atomic E-state index is -0.554. The van der Waals surface area contributed by atoms with Crippen molar-refractivity contribution < 1.29 is 14.3 Å². The molecule has 0 atom stereocenters. The number of hydrogen-bond donors (Lipinski definition) is 0. The van der Waals surface area contributed by atoms with Crippen LogP contribution in [0.5, 0.6) is 0 Å². The van der Waals surface area contributed by atoms with Gasteiger partial charge in [0.1, 0.15) is 0 Å². The van der Waals surface area contributed by atoms with E-state index in [4.69, 9.17) is 9.72 Å². The molecule has 4 rings (SSSR count). The number of pyridine rings is 1. The molecule has 148 valence electrons. The van der Waals surface area contributed by atoms with E-state index in [-0.39, 0.29) is 12.4 Å². The molecule has 30 heavy (non-hydrogen) atoms. The van der Waals surface area contributed by atoms with Crippen LogP contribution in [-0.2, 0) is 4.74 Å². The number of nitrogens with zero attached hydrogens (tertiary/aromatic N) is 1. The number of aromatic nitrogens is 1. The number of fused-ring (bicyclic) bond motifs is 1.